The molecule has 0 unspecified atom stereocenters. The van der Waals surface area contributed by atoms with Gasteiger partial charge in [0.25, 0.3) is 0 Å². The lowest BCUT2D eigenvalue weighted by Gasteiger charge is -2.07. The molecule has 1 aromatic heterocycles. The van der Waals surface area contributed by atoms with Crippen molar-refractivity contribution in [2.24, 2.45) is 17.8 Å². The molecule has 6 nitrogen and oxygen atoms in total. The van der Waals surface area contributed by atoms with Gasteiger partial charge in [0.05, 0.1) is 0 Å². The Balaban J connectivity index is 1.55. The summed E-state index contributed by atoms with van der Waals surface area (Å²) in [6.45, 7) is 0.577. The predicted octanol–water partition coefficient (Wildman–Crippen LogP) is 1.27. The largest absolute Gasteiger partial charge is 0.370 e. The average molecular weight is 284 g/mol. The second-order valence-electron chi connectivity index (χ2n) is 5.31. The minimum Gasteiger partial charge on any atom is -0.370 e. The van der Waals surface area contributed by atoms with E-state index in [2.05, 4.69) is 38.6 Å². The first-order valence-corrected chi connectivity index (χ1v) is 7.24. The topological polar surface area (TPSA) is 81.1 Å². The van der Waals surface area contributed by atoms with Crippen LogP contribution in [0, 0.1) is 0 Å². The second-order valence-corrected chi connectivity index (χ2v) is 5.31. The lowest BCUT2D eigenvalue weighted by atomic mass is 10.1. The molecule has 6 heteroatoms. The van der Waals surface area contributed by atoms with Crippen molar-refractivity contribution in [1.29, 1.82) is 0 Å². The van der Waals surface area contributed by atoms with E-state index in [0.29, 0.717) is 18.9 Å². The number of hydrogen-bond donors (Lipinski definition) is 2. The van der Waals surface area contributed by atoms with E-state index in [9.17, 15) is 0 Å². The molecule has 3 rings (SSSR count). The third-order valence-corrected chi connectivity index (χ3v) is 3.64. The van der Waals surface area contributed by atoms with Crippen molar-refractivity contribution < 1.29 is 0 Å². The molecule has 2 aromatic rings. The first-order chi connectivity index (χ1) is 10.2. The Morgan fingerprint density at radius 2 is 2.24 bits per heavy atom. The molecule has 1 heterocycles. The van der Waals surface area contributed by atoms with Crippen LogP contribution in [0.5, 0.6) is 0 Å². The van der Waals surface area contributed by atoms with Crippen LogP contribution in [0.4, 0.5) is 5.69 Å². The standard InChI is InChI=1S/C15H20N6/c1-21-10-18-14(20-21)7-8-17-15(16)19-13-6-5-11-3-2-4-12(11)9-13/h5-6,9-10H,2-4,7-8H2,1H3,(H3,16,17,19). The Hall–Kier alpha value is -2.37. The lowest BCUT2D eigenvalue weighted by molar-refractivity contribution is 0.739. The monoisotopic (exact) mass is 284 g/mol. The van der Waals surface area contributed by atoms with Gasteiger partial charge in [0.15, 0.2) is 11.8 Å². The summed E-state index contributed by atoms with van der Waals surface area (Å²) in [7, 11) is 1.85. The quantitative estimate of drug-likeness (QED) is 0.654. The van der Waals surface area contributed by atoms with Crippen molar-refractivity contribution in [2.75, 3.05) is 11.9 Å². The van der Waals surface area contributed by atoms with E-state index in [1.54, 1.807) is 11.0 Å². The van der Waals surface area contributed by atoms with Gasteiger partial charge in [-0.05, 0) is 42.5 Å². The van der Waals surface area contributed by atoms with Crippen molar-refractivity contribution in [1.82, 2.24) is 14.8 Å². The number of benzene rings is 1. The highest BCUT2D eigenvalue weighted by molar-refractivity contribution is 5.92. The zero-order chi connectivity index (χ0) is 14.7. The van der Waals surface area contributed by atoms with Crippen molar-refractivity contribution in [3.05, 3.63) is 41.5 Å². The molecule has 1 aromatic carbocycles. The number of nitrogens with zero attached hydrogens (tertiary/aromatic N) is 4. The van der Waals surface area contributed by atoms with Gasteiger partial charge in [0.1, 0.15) is 6.33 Å². The molecule has 0 spiro atoms. The van der Waals surface area contributed by atoms with E-state index in [-0.39, 0.29) is 0 Å². The molecule has 0 atom stereocenters. The third kappa shape index (κ3) is 3.39. The zero-order valence-corrected chi connectivity index (χ0v) is 12.2. The van der Waals surface area contributed by atoms with Crippen molar-refractivity contribution in [2.45, 2.75) is 25.7 Å². The van der Waals surface area contributed by atoms with Crippen LogP contribution in [0.15, 0.2) is 29.5 Å². The third-order valence-electron chi connectivity index (χ3n) is 3.64. The number of guanidine groups is 1. The highest BCUT2D eigenvalue weighted by Gasteiger charge is 2.10. The van der Waals surface area contributed by atoms with E-state index >= 15 is 0 Å². The Kier molecular flexibility index (Phi) is 3.85. The smallest absolute Gasteiger partial charge is 0.193 e. The SMILES string of the molecule is Cn1cnc(CCN=C(N)Nc2ccc3c(c2)CCC3)n1. The molecular weight excluding hydrogens is 264 g/mol. The van der Waals surface area contributed by atoms with Gasteiger partial charge >= 0.3 is 0 Å². The highest BCUT2D eigenvalue weighted by atomic mass is 15.3. The fraction of sp³-hybridized carbons (Fsp3) is 0.400. The summed E-state index contributed by atoms with van der Waals surface area (Å²) < 4.78 is 1.69. The van der Waals surface area contributed by atoms with Crippen molar-refractivity contribution in [3.8, 4) is 0 Å². The van der Waals surface area contributed by atoms with Crippen LogP contribution in [0.3, 0.4) is 0 Å². The lowest BCUT2D eigenvalue weighted by Crippen LogP contribution is -2.23. The number of fused-ring (bicyclic) bond motifs is 1. The number of nitrogens with two attached hydrogens (primary N) is 1. The number of rotatable bonds is 4. The number of anilines is 1. The number of aryl methyl sites for hydroxylation is 3. The molecule has 21 heavy (non-hydrogen) atoms. The van der Waals surface area contributed by atoms with Crippen molar-refractivity contribution >= 4 is 11.6 Å². The van der Waals surface area contributed by atoms with Crippen LogP contribution in [-0.2, 0) is 26.3 Å². The first kappa shape index (κ1) is 13.6. The molecule has 3 N–H and O–H groups in total. The summed E-state index contributed by atoms with van der Waals surface area (Å²) in [4.78, 5) is 8.47. The fourth-order valence-corrected chi connectivity index (χ4v) is 2.61. The van der Waals surface area contributed by atoms with Crippen LogP contribution in [0.2, 0.25) is 0 Å². The Bertz CT molecular complexity index is 658. The molecule has 0 saturated heterocycles. The van der Waals surface area contributed by atoms with Crippen LogP contribution in [0.1, 0.15) is 23.4 Å². The molecule has 0 fully saturated rings. The van der Waals surface area contributed by atoms with Crippen LogP contribution in [0.25, 0.3) is 0 Å². The zero-order valence-electron chi connectivity index (χ0n) is 12.2. The van der Waals surface area contributed by atoms with Crippen LogP contribution >= 0.6 is 0 Å². The van der Waals surface area contributed by atoms with E-state index in [0.717, 1.165) is 17.9 Å². The molecule has 1 aliphatic carbocycles. The number of aromatic nitrogens is 3. The van der Waals surface area contributed by atoms with Crippen molar-refractivity contribution in [3.63, 3.8) is 0 Å². The van der Waals surface area contributed by atoms with Crippen LogP contribution < -0.4 is 11.1 Å². The van der Waals surface area contributed by atoms with Gasteiger partial charge in [-0.1, -0.05) is 6.07 Å². The normalized spacial score (nSPS) is 14.2. The molecule has 1 aliphatic rings. The molecule has 0 amide bonds. The number of hydrogen-bond acceptors (Lipinski definition) is 3. The van der Waals surface area contributed by atoms with Gasteiger partial charge < -0.3 is 11.1 Å². The number of aliphatic imine (C=N–C) groups is 1. The Morgan fingerprint density at radius 1 is 1.38 bits per heavy atom. The van der Waals surface area contributed by atoms with Gasteiger partial charge in [-0.25, -0.2) is 4.98 Å². The van der Waals surface area contributed by atoms with Gasteiger partial charge in [0, 0.05) is 25.7 Å². The van der Waals surface area contributed by atoms with Gasteiger partial charge in [0.2, 0.25) is 0 Å². The maximum atomic E-state index is 5.91. The maximum absolute atomic E-state index is 5.91. The summed E-state index contributed by atoms with van der Waals surface area (Å²) in [6.07, 6.45) is 5.97. The van der Waals surface area contributed by atoms with E-state index < -0.39 is 0 Å². The van der Waals surface area contributed by atoms with E-state index in [4.69, 9.17) is 5.73 Å². The van der Waals surface area contributed by atoms with Gasteiger partial charge in [-0.2, -0.15) is 5.10 Å². The summed E-state index contributed by atoms with van der Waals surface area (Å²) >= 11 is 0. The summed E-state index contributed by atoms with van der Waals surface area (Å²) in [5.74, 6) is 1.22. The molecule has 0 saturated carbocycles. The van der Waals surface area contributed by atoms with E-state index in [1.165, 1.54) is 24.0 Å². The second kappa shape index (κ2) is 5.95. The van der Waals surface area contributed by atoms with Crippen LogP contribution in [-0.4, -0.2) is 27.3 Å². The summed E-state index contributed by atoms with van der Waals surface area (Å²) in [5, 5.41) is 7.35. The maximum Gasteiger partial charge on any atom is 0.193 e. The van der Waals surface area contributed by atoms with Gasteiger partial charge in [-0.3, -0.25) is 9.67 Å². The Labute approximate surface area is 124 Å². The highest BCUT2D eigenvalue weighted by Crippen LogP contribution is 2.24. The Morgan fingerprint density at radius 3 is 3.05 bits per heavy atom. The minimum atomic E-state index is 0.434. The first-order valence-electron chi connectivity index (χ1n) is 7.24. The molecule has 0 bridgehead atoms. The summed E-state index contributed by atoms with van der Waals surface area (Å²) in [6, 6.07) is 6.41. The number of nitrogens with one attached hydrogen (secondary N) is 1. The van der Waals surface area contributed by atoms with Gasteiger partial charge in [-0.15, -0.1) is 0 Å². The average Bonchev–Trinajstić information content (AvgIpc) is 3.07. The molecular formula is C15H20N6. The molecule has 0 aliphatic heterocycles. The molecule has 110 valence electrons. The fourth-order valence-electron chi connectivity index (χ4n) is 2.61. The summed E-state index contributed by atoms with van der Waals surface area (Å²) in [5.41, 5.74) is 9.80. The van der Waals surface area contributed by atoms with E-state index in [1.807, 2.05) is 7.05 Å². The minimum absolute atomic E-state index is 0.434. The molecule has 0 radical (unpaired) electrons. The predicted molar refractivity (Wildman–Crippen MR) is 83.3 cm³/mol.